The number of nitrogens with zero attached hydrogens (tertiary/aromatic N) is 3. The second-order valence-corrected chi connectivity index (χ2v) is 6.60. The molecule has 2 fully saturated rings. The highest BCUT2D eigenvalue weighted by molar-refractivity contribution is 5.92. The van der Waals surface area contributed by atoms with Crippen molar-refractivity contribution in [2.24, 2.45) is 0 Å². The fourth-order valence-corrected chi connectivity index (χ4v) is 3.18. The predicted octanol–water partition coefficient (Wildman–Crippen LogP) is 1.59. The van der Waals surface area contributed by atoms with Crippen LogP contribution in [-0.4, -0.2) is 64.3 Å². The van der Waals surface area contributed by atoms with E-state index in [9.17, 15) is 9.59 Å². The molecule has 3 heterocycles. The summed E-state index contributed by atoms with van der Waals surface area (Å²) in [7, 11) is 1.72. The van der Waals surface area contributed by atoms with Gasteiger partial charge in [0.25, 0.3) is 5.91 Å². The number of hydrogen-bond acceptors (Lipinski definition) is 4. The molecule has 1 N–H and O–H groups in total. The van der Waals surface area contributed by atoms with Crippen LogP contribution in [0.25, 0.3) is 0 Å². The summed E-state index contributed by atoms with van der Waals surface area (Å²) >= 11 is 0. The fourth-order valence-electron chi connectivity index (χ4n) is 3.18. The van der Waals surface area contributed by atoms with Gasteiger partial charge in [-0.15, -0.1) is 0 Å². The number of aromatic amines is 1. The van der Waals surface area contributed by atoms with E-state index in [1.165, 1.54) is 0 Å². The Bertz CT molecular complexity index is 597. The minimum absolute atomic E-state index is 0.104. The third kappa shape index (κ3) is 2.55. The lowest BCUT2D eigenvalue weighted by Crippen LogP contribution is -2.52. The van der Waals surface area contributed by atoms with Gasteiger partial charge in [-0.25, -0.2) is 4.79 Å². The normalized spacial score (nSPS) is 25.2. The first-order valence-corrected chi connectivity index (χ1v) is 7.69. The number of rotatable bonds is 2. The second kappa shape index (κ2) is 5.30. The molecule has 120 valence electrons. The first kappa shape index (κ1) is 14.9. The van der Waals surface area contributed by atoms with Crippen LogP contribution in [0.5, 0.6) is 0 Å². The highest BCUT2D eigenvalue weighted by Gasteiger charge is 2.47. The molecule has 2 amide bonds. The van der Waals surface area contributed by atoms with Gasteiger partial charge < -0.3 is 14.5 Å². The molecule has 2 saturated heterocycles. The van der Waals surface area contributed by atoms with E-state index < -0.39 is 5.60 Å². The SMILES string of the molecule is CC(C)c1cc(C(=O)N2CCC[C@]3(CN(C)C(=O)O3)C2)n[nH]1. The Morgan fingerprint density at radius 2 is 2.23 bits per heavy atom. The van der Waals surface area contributed by atoms with Crippen LogP contribution in [0.2, 0.25) is 0 Å². The molecule has 2 aliphatic rings. The van der Waals surface area contributed by atoms with E-state index in [2.05, 4.69) is 10.2 Å². The zero-order valence-corrected chi connectivity index (χ0v) is 13.3. The van der Waals surface area contributed by atoms with Gasteiger partial charge in [0.1, 0.15) is 11.3 Å². The molecule has 7 heteroatoms. The number of aromatic nitrogens is 2. The smallest absolute Gasteiger partial charge is 0.410 e. The van der Waals surface area contributed by atoms with Gasteiger partial charge >= 0.3 is 6.09 Å². The van der Waals surface area contributed by atoms with Crippen LogP contribution in [0.4, 0.5) is 4.79 Å². The first-order chi connectivity index (χ1) is 10.4. The molecule has 0 radical (unpaired) electrons. The van der Waals surface area contributed by atoms with Crippen molar-refractivity contribution in [1.82, 2.24) is 20.0 Å². The fraction of sp³-hybridized carbons (Fsp3) is 0.667. The number of hydrogen-bond donors (Lipinski definition) is 1. The van der Waals surface area contributed by atoms with Crippen LogP contribution < -0.4 is 0 Å². The second-order valence-electron chi connectivity index (χ2n) is 6.60. The Kier molecular flexibility index (Phi) is 3.58. The van der Waals surface area contributed by atoms with Gasteiger partial charge in [-0.2, -0.15) is 5.10 Å². The van der Waals surface area contributed by atoms with E-state index in [-0.39, 0.29) is 12.0 Å². The summed E-state index contributed by atoms with van der Waals surface area (Å²) in [6.07, 6.45) is 1.31. The lowest BCUT2D eigenvalue weighted by Gasteiger charge is -2.38. The summed E-state index contributed by atoms with van der Waals surface area (Å²) in [6.45, 7) is 5.74. The van der Waals surface area contributed by atoms with E-state index in [0.29, 0.717) is 31.2 Å². The highest BCUT2D eigenvalue weighted by atomic mass is 16.6. The molecule has 0 saturated carbocycles. The molecule has 1 atom stereocenters. The maximum atomic E-state index is 12.6. The van der Waals surface area contributed by atoms with Gasteiger partial charge in [0.05, 0.1) is 13.1 Å². The van der Waals surface area contributed by atoms with Crippen molar-refractivity contribution in [1.29, 1.82) is 0 Å². The van der Waals surface area contributed by atoms with Crippen LogP contribution in [0.15, 0.2) is 6.07 Å². The average molecular weight is 306 g/mol. The number of carbonyl (C=O) groups excluding carboxylic acids is 2. The Labute approximate surface area is 129 Å². The molecule has 0 bridgehead atoms. The number of likely N-dealkylation sites (tertiary alicyclic amines) is 1. The molecule has 2 aliphatic heterocycles. The molecule has 1 aromatic heterocycles. The average Bonchev–Trinajstić information content (AvgIpc) is 3.05. The number of carbonyl (C=O) groups is 2. The van der Waals surface area contributed by atoms with E-state index in [4.69, 9.17) is 4.74 Å². The summed E-state index contributed by atoms with van der Waals surface area (Å²) < 4.78 is 5.53. The first-order valence-electron chi connectivity index (χ1n) is 7.69. The van der Waals surface area contributed by atoms with E-state index in [1.54, 1.807) is 22.9 Å². The van der Waals surface area contributed by atoms with E-state index in [1.807, 2.05) is 13.8 Å². The zero-order chi connectivity index (χ0) is 15.9. The Morgan fingerprint density at radius 1 is 1.45 bits per heavy atom. The van der Waals surface area contributed by atoms with Crippen molar-refractivity contribution in [3.8, 4) is 0 Å². The van der Waals surface area contributed by atoms with Crippen LogP contribution in [0, 0.1) is 0 Å². The van der Waals surface area contributed by atoms with Crippen LogP contribution in [0.3, 0.4) is 0 Å². The molecule has 1 spiro atoms. The molecular formula is C15H22N4O3. The number of nitrogens with one attached hydrogen (secondary N) is 1. The number of H-pyrrole nitrogens is 1. The third-order valence-corrected chi connectivity index (χ3v) is 4.41. The third-order valence-electron chi connectivity index (χ3n) is 4.41. The number of amides is 2. The topological polar surface area (TPSA) is 78.5 Å². The minimum Gasteiger partial charge on any atom is -0.439 e. The van der Waals surface area contributed by atoms with E-state index in [0.717, 1.165) is 18.5 Å². The van der Waals surface area contributed by atoms with Gasteiger partial charge in [0.15, 0.2) is 0 Å². The number of piperidine rings is 1. The lowest BCUT2D eigenvalue weighted by atomic mass is 9.92. The zero-order valence-electron chi connectivity index (χ0n) is 13.3. The molecule has 7 nitrogen and oxygen atoms in total. The van der Waals surface area contributed by atoms with Gasteiger partial charge in [-0.1, -0.05) is 13.8 Å². The molecule has 22 heavy (non-hydrogen) atoms. The Balaban J connectivity index is 1.74. The summed E-state index contributed by atoms with van der Waals surface area (Å²) in [5.74, 6) is 0.194. The Morgan fingerprint density at radius 3 is 2.82 bits per heavy atom. The standard InChI is InChI=1S/C15H22N4O3/c1-10(2)11-7-12(17-16-11)13(20)19-6-4-5-15(9-19)8-18(3)14(21)22-15/h7,10H,4-6,8-9H2,1-3H3,(H,16,17)/t15-/m0/s1. The number of ether oxygens (including phenoxy) is 1. The Hall–Kier alpha value is -2.05. The van der Waals surface area contributed by atoms with Crippen molar-refractivity contribution >= 4 is 12.0 Å². The van der Waals surface area contributed by atoms with Crippen molar-refractivity contribution in [3.05, 3.63) is 17.5 Å². The summed E-state index contributed by atoms with van der Waals surface area (Å²) in [4.78, 5) is 27.6. The van der Waals surface area contributed by atoms with Gasteiger partial charge in [0.2, 0.25) is 0 Å². The van der Waals surface area contributed by atoms with Crippen molar-refractivity contribution < 1.29 is 14.3 Å². The van der Waals surface area contributed by atoms with Crippen molar-refractivity contribution in [2.75, 3.05) is 26.7 Å². The molecular weight excluding hydrogens is 284 g/mol. The van der Waals surface area contributed by atoms with Crippen molar-refractivity contribution in [2.45, 2.75) is 38.2 Å². The summed E-state index contributed by atoms with van der Waals surface area (Å²) in [5.41, 5.74) is 0.817. The predicted molar refractivity (Wildman–Crippen MR) is 79.7 cm³/mol. The largest absolute Gasteiger partial charge is 0.439 e. The summed E-state index contributed by atoms with van der Waals surface area (Å²) in [5, 5.41) is 7.03. The quantitative estimate of drug-likeness (QED) is 0.900. The maximum Gasteiger partial charge on any atom is 0.410 e. The maximum absolute atomic E-state index is 12.6. The van der Waals surface area contributed by atoms with Crippen LogP contribution >= 0.6 is 0 Å². The minimum atomic E-state index is -0.559. The monoisotopic (exact) mass is 306 g/mol. The molecule has 0 unspecified atom stereocenters. The molecule has 0 aromatic carbocycles. The van der Waals surface area contributed by atoms with Gasteiger partial charge in [-0.3, -0.25) is 9.89 Å². The van der Waals surface area contributed by atoms with Crippen LogP contribution in [-0.2, 0) is 4.74 Å². The van der Waals surface area contributed by atoms with Crippen molar-refractivity contribution in [3.63, 3.8) is 0 Å². The number of likely N-dealkylation sites (N-methyl/N-ethyl adjacent to an activating group) is 1. The molecule has 1 aromatic rings. The molecule has 3 rings (SSSR count). The van der Waals surface area contributed by atoms with Gasteiger partial charge in [0, 0.05) is 19.3 Å². The lowest BCUT2D eigenvalue weighted by molar-refractivity contribution is -0.00541. The van der Waals surface area contributed by atoms with E-state index >= 15 is 0 Å². The summed E-state index contributed by atoms with van der Waals surface area (Å²) in [6, 6.07) is 1.81. The van der Waals surface area contributed by atoms with Crippen LogP contribution in [0.1, 0.15) is 48.8 Å². The molecule has 0 aliphatic carbocycles. The van der Waals surface area contributed by atoms with Gasteiger partial charge in [-0.05, 0) is 24.8 Å². The highest BCUT2D eigenvalue weighted by Crippen LogP contribution is 2.31.